The maximum atomic E-state index is 13.1. The van der Waals surface area contributed by atoms with Crippen molar-refractivity contribution in [3.63, 3.8) is 0 Å². The molecule has 0 aliphatic heterocycles. The van der Waals surface area contributed by atoms with Gasteiger partial charge in [0.05, 0.1) is 12.0 Å². The Hall–Kier alpha value is -2.34. The molecule has 4 rings (SSSR count). The average molecular weight is 369 g/mol. The first-order valence-electron chi connectivity index (χ1n) is 9.26. The highest BCUT2D eigenvalue weighted by Crippen LogP contribution is 2.34. The summed E-state index contributed by atoms with van der Waals surface area (Å²) < 4.78 is 7.22. The van der Waals surface area contributed by atoms with E-state index in [2.05, 4.69) is 5.32 Å². The number of nitrogens with one attached hydrogen (secondary N) is 1. The maximum Gasteiger partial charge on any atom is 0.263 e. The minimum atomic E-state index is 0.0744. The van der Waals surface area contributed by atoms with Crippen LogP contribution in [0.2, 0.25) is 0 Å². The smallest absolute Gasteiger partial charge is 0.263 e. The number of thiophene rings is 1. The quantitative estimate of drug-likeness (QED) is 0.719. The number of anilines is 2. The van der Waals surface area contributed by atoms with Gasteiger partial charge in [0.15, 0.2) is 0 Å². The van der Waals surface area contributed by atoms with Gasteiger partial charge in [-0.25, -0.2) is 4.98 Å². The second kappa shape index (κ2) is 7.11. The minimum Gasteiger partial charge on any atom is -0.494 e. The standard InChI is InChI=1S/C20H23N3O2S/c1-3-23-19(24)17-15-7-5-6-8-16(15)26-18(17)22-20(23)21-13-9-11-14(12-10-13)25-4-2/h9-12H,3-8H2,1-2H3,(H,21,22). The molecular weight excluding hydrogens is 346 g/mol. The van der Waals surface area contributed by atoms with Crippen molar-refractivity contribution >= 4 is 33.2 Å². The van der Waals surface area contributed by atoms with Crippen LogP contribution in [0.1, 0.15) is 37.1 Å². The van der Waals surface area contributed by atoms with Gasteiger partial charge in [0.25, 0.3) is 5.56 Å². The van der Waals surface area contributed by atoms with Crippen molar-refractivity contribution in [2.75, 3.05) is 11.9 Å². The fraction of sp³-hybridized carbons (Fsp3) is 0.400. The van der Waals surface area contributed by atoms with E-state index in [0.29, 0.717) is 19.1 Å². The molecule has 2 aromatic heterocycles. The van der Waals surface area contributed by atoms with Crippen LogP contribution in [0.5, 0.6) is 5.75 Å². The predicted octanol–water partition coefficient (Wildman–Crippen LogP) is 4.50. The van der Waals surface area contributed by atoms with Crippen LogP contribution in [0.25, 0.3) is 10.2 Å². The Morgan fingerprint density at radius 1 is 1.19 bits per heavy atom. The molecule has 1 N–H and O–H groups in total. The predicted molar refractivity (Wildman–Crippen MR) is 107 cm³/mol. The Morgan fingerprint density at radius 2 is 1.96 bits per heavy atom. The summed E-state index contributed by atoms with van der Waals surface area (Å²) in [6.07, 6.45) is 4.45. The maximum absolute atomic E-state index is 13.1. The molecule has 0 spiro atoms. The molecule has 1 aliphatic rings. The Balaban J connectivity index is 1.76. The number of hydrogen-bond acceptors (Lipinski definition) is 5. The molecule has 3 aromatic rings. The summed E-state index contributed by atoms with van der Waals surface area (Å²) in [6, 6.07) is 7.73. The molecule has 0 atom stereocenters. The zero-order valence-corrected chi connectivity index (χ0v) is 16.0. The monoisotopic (exact) mass is 369 g/mol. The largest absolute Gasteiger partial charge is 0.494 e. The molecule has 2 heterocycles. The van der Waals surface area contributed by atoms with Crippen molar-refractivity contribution in [1.82, 2.24) is 9.55 Å². The van der Waals surface area contributed by atoms with Crippen LogP contribution in [-0.4, -0.2) is 16.2 Å². The van der Waals surface area contributed by atoms with E-state index in [4.69, 9.17) is 9.72 Å². The van der Waals surface area contributed by atoms with Crippen LogP contribution in [0.15, 0.2) is 29.1 Å². The summed E-state index contributed by atoms with van der Waals surface area (Å²) in [5, 5.41) is 4.15. The van der Waals surface area contributed by atoms with E-state index in [0.717, 1.165) is 40.9 Å². The number of fused-ring (bicyclic) bond motifs is 3. The fourth-order valence-corrected chi connectivity index (χ4v) is 4.81. The average Bonchev–Trinajstić information content (AvgIpc) is 3.02. The van der Waals surface area contributed by atoms with E-state index in [1.807, 2.05) is 38.1 Å². The van der Waals surface area contributed by atoms with Crippen molar-refractivity contribution in [2.45, 2.75) is 46.1 Å². The van der Waals surface area contributed by atoms with Crippen molar-refractivity contribution in [1.29, 1.82) is 0 Å². The van der Waals surface area contributed by atoms with E-state index in [-0.39, 0.29) is 5.56 Å². The van der Waals surface area contributed by atoms with E-state index < -0.39 is 0 Å². The van der Waals surface area contributed by atoms with Gasteiger partial charge < -0.3 is 10.1 Å². The minimum absolute atomic E-state index is 0.0744. The van der Waals surface area contributed by atoms with Gasteiger partial charge in [0.2, 0.25) is 5.95 Å². The summed E-state index contributed by atoms with van der Waals surface area (Å²) in [5.41, 5.74) is 2.21. The lowest BCUT2D eigenvalue weighted by Gasteiger charge is -2.14. The second-order valence-electron chi connectivity index (χ2n) is 6.46. The van der Waals surface area contributed by atoms with Gasteiger partial charge in [-0.3, -0.25) is 9.36 Å². The normalized spacial score (nSPS) is 13.6. The number of aryl methyl sites for hydroxylation is 2. The molecule has 26 heavy (non-hydrogen) atoms. The molecule has 1 aliphatic carbocycles. The second-order valence-corrected chi connectivity index (χ2v) is 7.54. The molecule has 0 unspecified atom stereocenters. The van der Waals surface area contributed by atoms with Crippen LogP contribution in [0.3, 0.4) is 0 Å². The van der Waals surface area contributed by atoms with E-state index in [1.54, 1.807) is 15.9 Å². The van der Waals surface area contributed by atoms with Crippen LogP contribution in [-0.2, 0) is 19.4 Å². The van der Waals surface area contributed by atoms with E-state index in [1.165, 1.54) is 16.9 Å². The van der Waals surface area contributed by atoms with Crippen molar-refractivity contribution < 1.29 is 4.74 Å². The summed E-state index contributed by atoms with van der Waals surface area (Å²) in [6.45, 7) is 5.18. The first-order chi connectivity index (χ1) is 12.7. The number of rotatable bonds is 5. The third-order valence-corrected chi connectivity index (χ3v) is 6.00. The summed E-state index contributed by atoms with van der Waals surface area (Å²) >= 11 is 1.68. The third kappa shape index (κ3) is 2.98. The molecular formula is C20H23N3O2S. The molecule has 0 saturated carbocycles. The third-order valence-electron chi connectivity index (χ3n) is 4.81. The molecule has 1 aromatic carbocycles. The molecule has 0 amide bonds. The molecule has 136 valence electrons. The first-order valence-corrected chi connectivity index (χ1v) is 10.1. The zero-order chi connectivity index (χ0) is 18.1. The Morgan fingerprint density at radius 3 is 2.69 bits per heavy atom. The summed E-state index contributed by atoms with van der Waals surface area (Å²) in [7, 11) is 0. The Kier molecular flexibility index (Phi) is 4.68. The lowest BCUT2D eigenvalue weighted by molar-refractivity contribution is 0.340. The molecule has 0 bridgehead atoms. The van der Waals surface area contributed by atoms with Crippen LogP contribution >= 0.6 is 11.3 Å². The van der Waals surface area contributed by atoms with Crippen molar-refractivity contribution in [3.8, 4) is 5.75 Å². The van der Waals surface area contributed by atoms with Crippen molar-refractivity contribution in [3.05, 3.63) is 45.1 Å². The van der Waals surface area contributed by atoms with Gasteiger partial charge in [-0.2, -0.15) is 0 Å². The highest BCUT2D eigenvalue weighted by Gasteiger charge is 2.21. The highest BCUT2D eigenvalue weighted by molar-refractivity contribution is 7.18. The molecule has 0 fully saturated rings. The number of benzene rings is 1. The summed E-state index contributed by atoms with van der Waals surface area (Å²) in [4.78, 5) is 20.1. The molecule has 0 saturated heterocycles. The SMILES string of the molecule is CCOc1ccc(Nc2nc3sc4c(c3c(=O)n2CC)CCCC4)cc1. The molecule has 6 heteroatoms. The van der Waals surface area contributed by atoms with Gasteiger partial charge in [0.1, 0.15) is 10.6 Å². The van der Waals surface area contributed by atoms with Crippen LogP contribution in [0.4, 0.5) is 11.6 Å². The molecule has 0 radical (unpaired) electrons. The Bertz CT molecular complexity index is 989. The van der Waals surface area contributed by atoms with Crippen molar-refractivity contribution in [2.24, 2.45) is 0 Å². The molecule has 5 nitrogen and oxygen atoms in total. The van der Waals surface area contributed by atoms with E-state index >= 15 is 0 Å². The Labute approximate surface area is 156 Å². The first kappa shape index (κ1) is 17.1. The van der Waals surface area contributed by atoms with Gasteiger partial charge >= 0.3 is 0 Å². The topological polar surface area (TPSA) is 56.1 Å². The summed E-state index contributed by atoms with van der Waals surface area (Å²) in [5.74, 6) is 1.44. The van der Waals surface area contributed by atoms with Gasteiger partial charge in [-0.05, 0) is 69.4 Å². The van der Waals surface area contributed by atoms with E-state index in [9.17, 15) is 4.79 Å². The van der Waals surface area contributed by atoms with Gasteiger partial charge in [0, 0.05) is 17.1 Å². The van der Waals surface area contributed by atoms with Gasteiger partial charge in [-0.15, -0.1) is 11.3 Å². The highest BCUT2D eigenvalue weighted by atomic mass is 32.1. The van der Waals surface area contributed by atoms with Crippen LogP contribution < -0.4 is 15.6 Å². The fourth-order valence-electron chi connectivity index (χ4n) is 3.56. The number of nitrogens with zero attached hydrogens (tertiary/aromatic N) is 2. The number of ether oxygens (including phenoxy) is 1. The lowest BCUT2D eigenvalue weighted by atomic mass is 9.97. The van der Waals surface area contributed by atoms with Crippen LogP contribution in [0, 0.1) is 0 Å². The van der Waals surface area contributed by atoms with Gasteiger partial charge in [-0.1, -0.05) is 0 Å². The zero-order valence-electron chi connectivity index (χ0n) is 15.2. The lowest BCUT2D eigenvalue weighted by Crippen LogP contribution is -2.23. The number of aromatic nitrogens is 2. The number of hydrogen-bond donors (Lipinski definition) is 1.